The van der Waals surface area contributed by atoms with Crippen LogP contribution in [-0.2, 0) is 24.3 Å². The van der Waals surface area contributed by atoms with E-state index in [1.54, 1.807) is 41.4 Å². The minimum Gasteiger partial charge on any atom is -0.493 e. The first-order chi connectivity index (χ1) is 17.9. The van der Waals surface area contributed by atoms with Crippen molar-refractivity contribution in [3.05, 3.63) is 65.8 Å². The van der Waals surface area contributed by atoms with Gasteiger partial charge in [-0.3, -0.25) is 4.40 Å². The first-order valence-electron chi connectivity index (χ1n) is 11.9. The first kappa shape index (κ1) is 23.3. The normalized spacial score (nSPS) is 13.3. The number of rotatable bonds is 8. The third kappa shape index (κ3) is 4.34. The summed E-state index contributed by atoms with van der Waals surface area (Å²) in [5.41, 5.74) is 3.96. The van der Waals surface area contributed by atoms with Crippen LogP contribution in [0.15, 0.2) is 43.1 Å². The van der Waals surface area contributed by atoms with E-state index in [2.05, 4.69) is 30.6 Å². The highest BCUT2D eigenvalue weighted by atomic mass is 19.1. The lowest BCUT2D eigenvalue weighted by molar-refractivity contribution is -0.0280. The summed E-state index contributed by atoms with van der Waals surface area (Å²) in [6.07, 6.45) is 5.39. The van der Waals surface area contributed by atoms with Crippen LogP contribution in [0.25, 0.3) is 22.4 Å². The van der Waals surface area contributed by atoms with Gasteiger partial charge in [0.2, 0.25) is 5.95 Å². The van der Waals surface area contributed by atoms with E-state index in [-0.39, 0.29) is 25.6 Å². The van der Waals surface area contributed by atoms with Crippen LogP contribution in [0, 0.1) is 5.82 Å². The summed E-state index contributed by atoms with van der Waals surface area (Å²) in [5, 5.41) is 25.9. The summed E-state index contributed by atoms with van der Waals surface area (Å²) in [6, 6.07) is 6.90. The molecule has 0 saturated heterocycles. The number of hydrogen-bond acceptors (Lipinski definition) is 9. The third-order valence-electron chi connectivity index (χ3n) is 6.20. The Morgan fingerprint density at radius 1 is 1.16 bits per heavy atom. The molecule has 6 rings (SSSR count). The number of aliphatic hydroxyl groups is 1. The fourth-order valence-corrected chi connectivity index (χ4v) is 4.50. The van der Waals surface area contributed by atoms with Gasteiger partial charge in [-0.2, -0.15) is 5.10 Å². The lowest BCUT2D eigenvalue weighted by Crippen LogP contribution is -2.26. The molecule has 190 valence electrons. The van der Waals surface area contributed by atoms with Crippen LogP contribution in [-0.4, -0.2) is 58.1 Å². The van der Waals surface area contributed by atoms with Crippen molar-refractivity contribution in [2.75, 3.05) is 18.5 Å². The molecule has 0 bridgehead atoms. The molecule has 37 heavy (non-hydrogen) atoms. The van der Waals surface area contributed by atoms with E-state index in [1.807, 2.05) is 12.1 Å². The molecule has 0 unspecified atom stereocenters. The van der Waals surface area contributed by atoms with Crippen molar-refractivity contribution in [2.24, 2.45) is 0 Å². The predicted molar refractivity (Wildman–Crippen MR) is 132 cm³/mol. The van der Waals surface area contributed by atoms with Gasteiger partial charge in [-0.25, -0.2) is 18.9 Å². The zero-order valence-electron chi connectivity index (χ0n) is 20.3. The molecule has 0 saturated carbocycles. The monoisotopic (exact) mass is 504 g/mol. The second-order valence-electron chi connectivity index (χ2n) is 9.51. The second kappa shape index (κ2) is 9.05. The molecular weight excluding hydrogens is 479 g/mol. The number of benzene rings is 1. The van der Waals surface area contributed by atoms with Gasteiger partial charge in [0.25, 0.3) is 0 Å². The number of ether oxygens (including phenoxy) is 2. The van der Waals surface area contributed by atoms with Gasteiger partial charge >= 0.3 is 0 Å². The van der Waals surface area contributed by atoms with Crippen LogP contribution >= 0.6 is 0 Å². The maximum Gasteiger partial charge on any atom is 0.210 e. The molecule has 0 atom stereocenters. The summed E-state index contributed by atoms with van der Waals surface area (Å²) in [7, 11) is 0. The molecule has 0 aliphatic carbocycles. The molecule has 5 aromatic rings. The van der Waals surface area contributed by atoms with Gasteiger partial charge < -0.3 is 19.9 Å². The Morgan fingerprint density at radius 2 is 2.05 bits per heavy atom. The minimum atomic E-state index is -0.928. The molecule has 0 amide bonds. The van der Waals surface area contributed by atoms with Gasteiger partial charge in [0.15, 0.2) is 11.3 Å². The van der Waals surface area contributed by atoms with Gasteiger partial charge in [0.1, 0.15) is 24.2 Å². The Labute approximate surface area is 210 Å². The molecular formula is C25H25FN8O3. The zero-order valence-corrected chi connectivity index (χ0v) is 20.3. The standard InChI is InChI=1S/C25H25FN8O3/c1-25(2,35)12-36-11-15-3-4-17(22-29-13-31-34(15)22)19-10-28-24(33-14-30-32-23(19)33)27-9-18-16-7-8-37-21(16)6-5-20(18)26/h3-6,10,13-14,35H,7-9,11-12H2,1-2H3,(H,27,28). The number of hydrogen-bond donors (Lipinski definition) is 2. The molecule has 12 heteroatoms. The van der Waals surface area contributed by atoms with E-state index in [4.69, 9.17) is 9.47 Å². The third-order valence-corrected chi connectivity index (χ3v) is 6.20. The van der Waals surface area contributed by atoms with Crippen LogP contribution in [0.3, 0.4) is 0 Å². The first-order valence-corrected chi connectivity index (χ1v) is 11.9. The van der Waals surface area contributed by atoms with E-state index in [1.165, 1.54) is 12.4 Å². The van der Waals surface area contributed by atoms with Crippen LogP contribution in [0.5, 0.6) is 5.75 Å². The Hall–Kier alpha value is -4.16. The number of nitrogens with zero attached hydrogens (tertiary/aromatic N) is 7. The SMILES string of the molecule is CC(C)(O)COCc1ccc(-c2cnc(NCc3c(F)ccc4c3CCO4)n3cnnc23)c2ncnn12. The molecule has 1 aromatic carbocycles. The summed E-state index contributed by atoms with van der Waals surface area (Å²) < 4.78 is 29.2. The quantitative estimate of drug-likeness (QED) is 0.328. The number of aromatic nitrogens is 7. The van der Waals surface area contributed by atoms with Crippen molar-refractivity contribution in [1.29, 1.82) is 0 Å². The second-order valence-corrected chi connectivity index (χ2v) is 9.51. The van der Waals surface area contributed by atoms with E-state index in [0.29, 0.717) is 41.4 Å². The largest absolute Gasteiger partial charge is 0.493 e. The molecule has 4 aromatic heterocycles. The number of pyridine rings is 1. The van der Waals surface area contributed by atoms with E-state index in [9.17, 15) is 9.50 Å². The van der Waals surface area contributed by atoms with Crippen molar-refractivity contribution in [3.8, 4) is 16.9 Å². The van der Waals surface area contributed by atoms with Crippen LogP contribution in [0.1, 0.15) is 30.7 Å². The number of halogens is 1. The molecule has 2 N–H and O–H groups in total. The highest BCUT2D eigenvalue weighted by Crippen LogP contribution is 2.31. The minimum absolute atomic E-state index is 0.187. The van der Waals surface area contributed by atoms with E-state index < -0.39 is 5.60 Å². The fraction of sp³-hybridized carbons (Fsp3) is 0.320. The summed E-state index contributed by atoms with van der Waals surface area (Å²) >= 11 is 0. The molecule has 1 aliphatic rings. The molecule has 0 fully saturated rings. The Balaban J connectivity index is 1.31. The molecule has 5 heterocycles. The maximum atomic E-state index is 14.6. The summed E-state index contributed by atoms with van der Waals surface area (Å²) in [6.45, 7) is 4.62. The Bertz CT molecular complexity index is 1610. The number of anilines is 1. The van der Waals surface area contributed by atoms with Crippen molar-refractivity contribution in [3.63, 3.8) is 0 Å². The molecule has 11 nitrogen and oxygen atoms in total. The van der Waals surface area contributed by atoms with Crippen molar-refractivity contribution < 1.29 is 19.0 Å². The Kier molecular flexibility index (Phi) is 5.69. The smallest absolute Gasteiger partial charge is 0.210 e. The summed E-state index contributed by atoms with van der Waals surface area (Å²) in [5.74, 6) is 0.921. The fourth-order valence-electron chi connectivity index (χ4n) is 4.50. The van der Waals surface area contributed by atoms with Crippen molar-refractivity contribution in [1.82, 2.24) is 34.2 Å². The van der Waals surface area contributed by atoms with Gasteiger partial charge in [-0.1, -0.05) is 0 Å². The van der Waals surface area contributed by atoms with Gasteiger partial charge in [-0.15, -0.1) is 10.2 Å². The average Bonchev–Trinajstić information content (AvgIpc) is 3.63. The Morgan fingerprint density at radius 3 is 2.92 bits per heavy atom. The van der Waals surface area contributed by atoms with E-state index in [0.717, 1.165) is 22.6 Å². The number of nitrogens with one attached hydrogen (secondary N) is 1. The van der Waals surface area contributed by atoms with E-state index >= 15 is 0 Å². The molecule has 0 radical (unpaired) electrons. The predicted octanol–water partition coefficient (Wildman–Crippen LogP) is 2.81. The lowest BCUT2D eigenvalue weighted by atomic mass is 10.0. The van der Waals surface area contributed by atoms with Crippen LogP contribution in [0.2, 0.25) is 0 Å². The topological polar surface area (TPSA) is 124 Å². The lowest BCUT2D eigenvalue weighted by Gasteiger charge is -2.17. The van der Waals surface area contributed by atoms with Crippen molar-refractivity contribution in [2.45, 2.75) is 39.0 Å². The van der Waals surface area contributed by atoms with Crippen LogP contribution < -0.4 is 10.1 Å². The van der Waals surface area contributed by atoms with Gasteiger partial charge in [0.05, 0.1) is 31.1 Å². The number of fused-ring (bicyclic) bond motifs is 3. The zero-order chi connectivity index (χ0) is 25.6. The summed E-state index contributed by atoms with van der Waals surface area (Å²) in [4.78, 5) is 9.03. The average molecular weight is 505 g/mol. The maximum absolute atomic E-state index is 14.6. The van der Waals surface area contributed by atoms with Crippen molar-refractivity contribution >= 4 is 17.2 Å². The van der Waals surface area contributed by atoms with Gasteiger partial charge in [-0.05, 0) is 38.1 Å². The van der Waals surface area contributed by atoms with Crippen LogP contribution in [0.4, 0.5) is 10.3 Å². The molecule has 0 spiro atoms. The molecule has 1 aliphatic heterocycles. The van der Waals surface area contributed by atoms with Gasteiger partial charge in [0, 0.05) is 41.4 Å². The highest BCUT2D eigenvalue weighted by molar-refractivity contribution is 5.86. The highest BCUT2D eigenvalue weighted by Gasteiger charge is 2.21.